The minimum Gasteiger partial charge on any atom is -0.307 e. The van der Waals surface area contributed by atoms with E-state index >= 15 is 0 Å². The molecule has 2 fully saturated rings. The normalized spacial score (nSPS) is 37.5. The summed E-state index contributed by atoms with van der Waals surface area (Å²) in [6.07, 6.45) is 4.18. The second kappa shape index (κ2) is 2.45. The van der Waals surface area contributed by atoms with Crippen LogP contribution in [0.25, 0.3) is 0 Å². The first kappa shape index (κ1) is 7.04. The molecule has 0 radical (unpaired) electrons. The van der Waals surface area contributed by atoms with Gasteiger partial charge in [-0.2, -0.15) is 0 Å². The number of fused-ring (bicyclic) bond motifs is 2. The Balaban J connectivity index is 2.17. The predicted octanol–water partition coefficient (Wildman–Crippen LogP) is 1.03. The lowest BCUT2D eigenvalue weighted by molar-refractivity contribution is -0.117. The summed E-state index contributed by atoms with van der Waals surface area (Å²) in [7, 11) is 0. The van der Waals surface area contributed by atoms with E-state index in [1.165, 1.54) is 6.42 Å². The van der Waals surface area contributed by atoms with E-state index in [1.54, 1.807) is 0 Å². The highest BCUT2D eigenvalue weighted by atomic mass is 16.1. The van der Waals surface area contributed by atoms with E-state index < -0.39 is 0 Å². The van der Waals surface area contributed by atoms with Crippen LogP contribution in [0.15, 0.2) is 12.2 Å². The first-order valence-corrected chi connectivity index (χ1v) is 4.25. The van der Waals surface area contributed by atoms with E-state index in [2.05, 4.69) is 11.9 Å². The van der Waals surface area contributed by atoms with Crippen molar-refractivity contribution in [2.45, 2.75) is 37.8 Å². The Morgan fingerprint density at radius 1 is 1.45 bits per heavy atom. The average molecular weight is 151 g/mol. The summed E-state index contributed by atoms with van der Waals surface area (Å²) in [5.41, 5.74) is 0.806. The molecule has 2 saturated heterocycles. The van der Waals surface area contributed by atoms with Gasteiger partial charge < -0.3 is 5.32 Å². The highest BCUT2D eigenvalue weighted by Gasteiger charge is 2.32. The zero-order valence-electron chi connectivity index (χ0n) is 6.60. The fourth-order valence-corrected chi connectivity index (χ4v) is 2.00. The maximum atomic E-state index is 11.3. The van der Waals surface area contributed by atoms with Crippen molar-refractivity contribution in [3.8, 4) is 0 Å². The van der Waals surface area contributed by atoms with Gasteiger partial charge in [-0.25, -0.2) is 0 Å². The molecule has 11 heavy (non-hydrogen) atoms. The lowest BCUT2D eigenvalue weighted by Gasteiger charge is -2.36. The SMILES string of the molecule is C=C1C(=O)CC2CCCC1N2. The van der Waals surface area contributed by atoms with Gasteiger partial charge in [-0.3, -0.25) is 4.79 Å². The molecular weight excluding hydrogens is 138 g/mol. The zero-order chi connectivity index (χ0) is 7.84. The average Bonchev–Trinajstić information content (AvgIpc) is 2.01. The molecule has 2 aliphatic heterocycles. The van der Waals surface area contributed by atoms with Crippen molar-refractivity contribution in [3.05, 3.63) is 12.2 Å². The maximum Gasteiger partial charge on any atom is 0.161 e. The van der Waals surface area contributed by atoms with E-state index in [9.17, 15) is 4.79 Å². The molecule has 1 N–H and O–H groups in total. The van der Waals surface area contributed by atoms with Crippen molar-refractivity contribution in [1.82, 2.24) is 5.32 Å². The molecule has 0 aliphatic carbocycles. The second-order valence-electron chi connectivity index (χ2n) is 3.50. The molecule has 2 nitrogen and oxygen atoms in total. The quantitative estimate of drug-likeness (QED) is 0.524. The number of hydrogen-bond acceptors (Lipinski definition) is 2. The van der Waals surface area contributed by atoms with Gasteiger partial charge in [0.05, 0.1) is 0 Å². The number of rotatable bonds is 0. The molecule has 2 unspecified atom stereocenters. The molecule has 2 aliphatic rings. The number of Topliss-reactive ketones (excluding diaryl/α,β-unsaturated/α-hetero) is 1. The summed E-state index contributed by atoms with van der Waals surface area (Å²) < 4.78 is 0. The number of carbonyl (C=O) groups excluding carboxylic acids is 1. The van der Waals surface area contributed by atoms with E-state index in [-0.39, 0.29) is 5.78 Å². The third-order valence-corrected chi connectivity index (χ3v) is 2.69. The summed E-state index contributed by atoms with van der Waals surface area (Å²) >= 11 is 0. The van der Waals surface area contributed by atoms with Crippen LogP contribution in [-0.4, -0.2) is 17.9 Å². The summed E-state index contributed by atoms with van der Waals surface area (Å²) in [4.78, 5) is 11.3. The monoisotopic (exact) mass is 151 g/mol. The Morgan fingerprint density at radius 3 is 3.09 bits per heavy atom. The minimum atomic E-state index is 0.276. The van der Waals surface area contributed by atoms with Crippen LogP contribution in [0.5, 0.6) is 0 Å². The number of nitrogens with one attached hydrogen (secondary N) is 1. The van der Waals surface area contributed by atoms with Crippen LogP contribution in [0.1, 0.15) is 25.7 Å². The Kier molecular flexibility index (Phi) is 1.57. The molecule has 0 aromatic carbocycles. The van der Waals surface area contributed by atoms with Gasteiger partial charge in [0.25, 0.3) is 0 Å². The van der Waals surface area contributed by atoms with E-state index in [0.29, 0.717) is 18.5 Å². The first-order chi connectivity index (χ1) is 5.27. The summed E-state index contributed by atoms with van der Waals surface area (Å²) in [6.45, 7) is 3.80. The summed E-state index contributed by atoms with van der Waals surface area (Å²) in [6, 6.07) is 0.752. The topological polar surface area (TPSA) is 29.1 Å². The molecule has 0 saturated carbocycles. The van der Waals surface area contributed by atoms with E-state index in [4.69, 9.17) is 0 Å². The summed E-state index contributed by atoms with van der Waals surface area (Å²) in [5.74, 6) is 0.276. The van der Waals surface area contributed by atoms with Gasteiger partial charge in [0.2, 0.25) is 0 Å². The Bertz CT molecular complexity index is 210. The van der Waals surface area contributed by atoms with Crippen LogP contribution in [0.2, 0.25) is 0 Å². The number of piperidine rings is 2. The molecule has 2 heteroatoms. The standard InChI is InChI=1S/C9H13NO/c1-6-8-4-2-3-7(10-8)5-9(6)11/h7-8,10H,1-5H2. The second-order valence-corrected chi connectivity index (χ2v) is 3.50. The fourth-order valence-electron chi connectivity index (χ4n) is 2.00. The number of hydrogen-bond donors (Lipinski definition) is 1. The molecule has 2 rings (SSSR count). The van der Waals surface area contributed by atoms with Crippen LogP contribution in [0, 0.1) is 0 Å². The zero-order valence-corrected chi connectivity index (χ0v) is 6.60. The smallest absolute Gasteiger partial charge is 0.161 e. The third-order valence-electron chi connectivity index (χ3n) is 2.69. The Hall–Kier alpha value is -0.630. The molecule has 2 atom stereocenters. The molecule has 0 spiro atoms. The Labute approximate surface area is 66.7 Å². The molecule has 0 aromatic heterocycles. The largest absolute Gasteiger partial charge is 0.307 e. The van der Waals surface area contributed by atoms with Crippen molar-refractivity contribution in [2.24, 2.45) is 0 Å². The molecule has 2 heterocycles. The van der Waals surface area contributed by atoms with Crippen molar-refractivity contribution < 1.29 is 4.79 Å². The molecule has 60 valence electrons. The van der Waals surface area contributed by atoms with Crippen LogP contribution < -0.4 is 5.32 Å². The molecule has 0 amide bonds. The van der Waals surface area contributed by atoms with Crippen LogP contribution in [-0.2, 0) is 4.79 Å². The van der Waals surface area contributed by atoms with Crippen molar-refractivity contribution in [3.63, 3.8) is 0 Å². The molecule has 0 aromatic rings. The van der Waals surface area contributed by atoms with Gasteiger partial charge in [-0.15, -0.1) is 0 Å². The van der Waals surface area contributed by atoms with Crippen LogP contribution in [0.3, 0.4) is 0 Å². The fraction of sp³-hybridized carbons (Fsp3) is 0.667. The number of carbonyl (C=O) groups is 1. The third kappa shape index (κ3) is 1.11. The summed E-state index contributed by atoms with van der Waals surface area (Å²) in [5, 5.41) is 3.41. The number of ketones is 1. The van der Waals surface area contributed by atoms with Crippen molar-refractivity contribution in [2.75, 3.05) is 0 Å². The Morgan fingerprint density at radius 2 is 2.27 bits per heavy atom. The van der Waals surface area contributed by atoms with Gasteiger partial charge in [0.15, 0.2) is 5.78 Å². The highest BCUT2D eigenvalue weighted by molar-refractivity contribution is 5.97. The minimum absolute atomic E-state index is 0.276. The lowest BCUT2D eigenvalue weighted by atomic mass is 9.83. The maximum absolute atomic E-state index is 11.3. The van der Waals surface area contributed by atoms with Gasteiger partial charge in [0, 0.05) is 24.1 Å². The first-order valence-electron chi connectivity index (χ1n) is 4.25. The highest BCUT2D eigenvalue weighted by Crippen LogP contribution is 2.25. The van der Waals surface area contributed by atoms with Gasteiger partial charge in [0.1, 0.15) is 0 Å². The molecular formula is C9H13NO. The van der Waals surface area contributed by atoms with E-state index in [1.807, 2.05) is 0 Å². The van der Waals surface area contributed by atoms with E-state index in [0.717, 1.165) is 18.4 Å². The molecule has 2 bridgehead atoms. The van der Waals surface area contributed by atoms with Crippen LogP contribution >= 0.6 is 0 Å². The van der Waals surface area contributed by atoms with Crippen molar-refractivity contribution in [1.29, 1.82) is 0 Å². The van der Waals surface area contributed by atoms with Crippen LogP contribution in [0.4, 0.5) is 0 Å². The van der Waals surface area contributed by atoms with Crippen molar-refractivity contribution >= 4 is 5.78 Å². The lowest BCUT2D eigenvalue weighted by Crippen LogP contribution is -2.50. The van der Waals surface area contributed by atoms with Gasteiger partial charge in [-0.05, 0) is 19.3 Å². The van der Waals surface area contributed by atoms with Gasteiger partial charge >= 0.3 is 0 Å². The van der Waals surface area contributed by atoms with Gasteiger partial charge in [-0.1, -0.05) is 6.58 Å². The predicted molar refractivity (Wildman–Crippen MR) is 43.3 cm³/mol.